The maximum atomic E-state index is 12.1. The quantitative estimate of drug-likeness (QED) is 0.806. The van der Waals surface area contributed by atoms with Crippen molar-refractivity contribution in [3.63, 3.8) is 0 Å². The van der Waals surface area contributed by atoms with Crippen molar-refractivity contribution in [3.05, 3.63) is 54.4 Å². The van der Waals surface area contributed by atoms with Crippen molar-refractivity contribution in [3.8, 4) is 17.2 Å². The second kappa shape index (κ2) is 6.23. The first-order valence-electron chi connectivity index (χ1n) is 7.71. The van der Waals surface area contributed by atoms with Crippen LogP contribution >= 0.6 is 0 Å². The standard InChI is InChI=1S/C18H16N2O4/c21-18(6-4-13-3-5-16-17(8-13)23-12-22-16)20-10-15(11-20)24-14-2-1-7-19-9-14/h1-9,15H,10-12H2. The van der Waals surface area contributed by atoms with E-state index in [0.29, 0.717) is 18.8 Å². The molecule has 0 radical (unpaired) electrons. The number of carbonyl (C=O) groups is 1. The highest BCUT2D eigenvalue weighted by atomic mass is 16.7. The van der Waals surface area contributed by atoms with Crippen molar-refractivity contribution in [1.82, 2.24) is 9.88 Å². The van der Waals surface area contributed by atoms with E-state index in [1.165, 1.54) is 0 Å². The van der Waals surface area contributed by atoms with Crippen molar-refractivity contribution >= 4 is 12.0 Å². The number of rotatable bonds is 4. The molecule has 122 valence electrons. The van der Waals surface area contributed by atoms with Gasteiger partial charge in [0.05, 0.1) is 19.3 Å². The van der Waals surface area contributed by atoms with E-state index in [1.807, 2.05) is 30.3 Å². The fourth-order valence-electron chi connectivity index (χ4n) is 2.59. The number of carbonyl (C=O) groups excluding carboxylic acids is 1. The van der Waals surface area contributed by atoms with Crippen molar-refractivity contribution in [2.75, 3.05) is 19.9 Å². The van der Waals surface area contributed by atoms with Crippen LogP contribution in [0.3, 0.4) is 0 Å². The Morgan fingerprint density at radius 3 is 2.96 bits per heavy atom. The second-order valence-corrected chi connectivity index (χ2v) is 5.62. The van der Waals surface area contributed by atoms with E-state index in [1.54, 1.807) is 29.4 Å². The normalized spacial score (nSPS) is 16.2. The molecule has 0 N–H and O–H groups in total. The van der Waals surface area contributed by atoms with Gasteiger partial charge in [-0.3, -0.25) is 9.78 Å². The minimum absolute atomic E-state index is 0.0251. The van der Waals surface area contributed by atoms with E-state index in [9.17, 15) is 4.79 Å². The first-order valence-corrected chi connectivity index (χ1v) is 7.71. The molecule has 2 aromatic rings. The van der Waals surface area contributed by atoms with E-state index in [4.69, 9.17) is 14.2 Å². The topological polar surface area (TPSA) is 60.9 Å². The molecular formula is C18H16N2O4. The molecule has 1 saturated heterocycles. The number of hydrogen-bond acceptors (Lipinski definition) is 5. The SMILES string of the molecule is O=C(C=Cc1ccc2c(c1)OCO2)N1CC(Oc2cccnc2)C1. The first-order chi connectivity index (χ1) is 11.8. The first kappa shape index (κ1) is 14.6. The predicted molar refractivity (Wildman–Crippen MR) is 86.8 cm³/mol. The fraction of sp³-hybridized carbons (Fsp3) is 0.222. The maximum absolute atomic E-state index is 12.1. The molecule has 0 saturated carbocycles. The van der Waals surface area contributed by atoms with Gasteiger partial charge in [-0.1, -0.05) is 6.07 Å². The van der Waals surface area contributed by atoms with Crippen molar-refractivity contribution < 1.29 is 19.0 Å². The van der Waals surface area contributed by atoms with Gasteiger partial charge in [0.25, 0.3) is 0 Å². The lowest BCUT2D eigenvalue weighted by Crippen LogP contribution is -2.55. The monoisotopic (exact) mass is 324 g/mol. The Balaban J connectivity index is 1.30. The summed E-state index contributed by atoms with van der Waals surface area (Å²) in [4.78, 5) is 17.9. The minimum Gasteiger partial charge on any atom is -0.485 e. The summed E-state index contributed by atoms with van der Waals surface area (Å²) in [6.45, 7) is 1.41. The lowest BCUT2D eigenvalue weighted by molar-refractivity contribution is -0.134. The molecule has 1 aromatic carbocycles. The summed E-state index contributed by atoms with van der Waals surface area (Å²) in [7, 11) is 0. The summed E-state index contributed by atoms with van der Waals surface area (Å²) >= 11 is 0. The number of fused-ring (bicyclic) bond motifs is 1. The Morgan fingerprint density at radius 2 is 2.12 bits per heavy atom. The summed E-state index contributed by atoms with van der Waals surface area (Å²) in [5.74, 6) is 2.14. The van der Waals surface area contributed by atoms with Gasteiger partial charge in [-0.25, -0.2) is 0 Å². The number of benzene rings is 1. The third-order valence-electron chi connectivity index (χ3n) is 3.91. The van der Waals surface area contributed by atoms with Crippen LogP contribution in [0, 0.1) is 0 Å². The number of ether oxygens (including phenoxy) is 3. The van der Waals surface area contributed by atoms with Gasteiger partial charge >= 0.3 is 0 Å². The van der Waals surface area contributed by atoms with Crippen LogP contribution in [0.15, 0.2) is 48.8 Å². The number of aromatic nitrogens is 1. The van der Waals surface area contributed by atoms with E-state index < -0.39 is 0 Å². The van der Waals surface area contributed by atoms with Gasteiger partial charge in [0.15, 0.2) is 11.5 Å². The highest BCUT2D eigenvalue weighted by Gasteiger charge is 2.31. The number of likely N-dealkylation sites (tertiary alicyclic amines) is 1. The molecule has 24 heavy (non-hydrogen) atoms. The molecular weight excluding hydrogens is 308 g/mol. The minimum atomic E-state index is -0.0290. The molecule has 1 aromatic heterocycles. The Kier molecular flexibility index (Phi) is 3.78. The zero-order valence-electron chi connectivity index (χ0n) is 12.9. The van der Waals surface area contributed by atoms with Crippen LogP contribution in [-0.4, -0.2) is 41.8 Å². The molecule has 6 heteroatoms. The smallest absolute Gasteiger partial charge is 0.246 e. The van der Waals surface area contributed by atoms with Crippen LogP contribution in [0.5, 0.6) is 17.2 Å². The summed E-state index contributed by atoms with van der Waals surface area (Å²) in [5.41, 5.74) is 0.899. The molecule has 4 rings (SSSR count). The number of pyridine rings is 1. The van der Waals surface area contributed by atoms with Gasteiger partial charge in [0.2, 0.25) is 12.7 Å². The van der Waals surface area contributed by atoms with Crippen LogP contribution in [0.1, 0.15) is 5.56 Å². The van der Waals surface area contributed by atoms with Gasteiger partial charge in [0.1, 0.15) is 11.9 Å². The van der Waals surface area contributed by atoms with Gasteiger partial charge in [-0.05, 0) is 35.9 Å². The van der Waals surface area contributed by atoms with Crippen molar-refractivity contribution in [2.45, 2.75) is 6.10 Å². The summed E-state index contributed by atoms with van der Waals surface area (Å²) in [6.07, 6.45) is 6.74. The lowest BCUT2D eigenvalue weighted by Gasteiger charge is -2.38. The average molecular weight is 324 g/mol. The molecule has 0 unspecified atom stereocenters. The van der Waals surface area contributed by atoms with Gasteiger partial charge < -0.3 is 19.1 Å². The molecule has 0 spiro atoms. The molecule has 3 heterocycles. The van der Waals surface area contributed by atoms with Crippen molar-refractivity contribution in [1.29, 1.82) is 0 Å². The molecule has 1 fully saturated rings. The molecule has 2 aliphatic heterocycles. The average Bonchev–Trinajstić information content (AvgIpc) is 3.04. The summed E-state index contributed by atoms with van der Waals surface area (Å²) in [5, 5.41) is 0. The molecule has 0 bridgehead atoms. The van der Waals surface area contributed by atoms with Crippen LogP contribution < -0.4 is 14.2 Å². The van der Waals surface area contributed by atoms with E-state index in [0.717, 1.165) is 17.1 Å². The van der Waals surface area contributed by atoms with Gasteiger partial charge in [-0.2, -0.15) is 0 Å². The largest absolute Gasteiger partial charge is 0.485 e. The van der Waals surface area contributed by atoms with Crippen LogP contribution in [-0.2, 0) is 4.79 Å². The van der Waals surface area contributed by atoms with E-state index in [2.05, 4.69) is 4.98 Å². The van der Waals surface area contributed by atoms with Crippen molar-refractivity contribution in [2.24, 2.45) is 0 Å². The van der Waals surface area contributed by atoms with Gasteiger partial charge in [0, 0.05) is 12.3 Å². The maximum Gasteiger partial charge on any atom is 0.246 e. The number of nitrogens with zero attached hydrogens (tertiary/aromatic N) is 2. The highest BCUT2D eigenvalue weighted by Crippen LogP contribution is 2.32. The highest BCUT2D eigenvalue weighted by molar-refractivity contribution is 5.92. The lowest BCUT2D eigenvalue weighted by atomic mass is 10.1. The fourth-order valence-corrected chi connectivity index (χ4v) is 2.59. The molecule has 6 nitrogen and oxygen atoms in total. The van der Waals surface area contributed by atoms with E-state index >= 15 is 0 Å². The van der Waals surface area contributed by atoms with Crippen LogP contribution in [0.2, 0.25) is 0 Å². The Morgan fingerprint density at radius 1 is 1.25 bits per heavy atom. The Hall–Kier alpha value is -3.02. The molecule has 2 aliphatic rings. The number of amides is 1. The third-order valence-corrected chi connectivity index (χ3v) is 3.91. The Labute approximate surface area is 139 Å². The number of hydrogen-bond donors (Lipinski definition) is 0. The van der Waals surface area contributed by atoms with E-state index in [-0.39, 0.29) is 18.8 Å². The zero-order valence-corrected chi connectivity index (χ0v) is 12.9. The molecule has 0 aliphatic carbocycles. The molecule has 0 atom stereocenters. The van der Waals surface area contributed by atoms with Crippen LogP contribution in [0.25, 0.3) is 6.08 Å². The summed E-state index contributed by atoms with van der Waals surface area (Å²) in [6, 6.07) is 9.27. The van der Waals surface area contributed by atoms with Crippen LogP contribution in [0.4, 0.5) is 0 Å². The summed E-state index contributed by atoms with van der Waals surface area (Å²) < 4.78 is 16.3. The van der Waals surface area contributed by atoms with Gasteiger partial charge in [-0.15, -0.1) is 0 Å². The Bertz CT molecular complexity index is 770. The second-order valence-electron chi connectivity index (χ2n) is 5.62. The molecule has 1 amide bonds. The predicted octanol–water partition coefficient (Wildman–Crippen LogP) is 2.11. The zero-order chi connectivity index (χ0) is 16.4. The third kappa shape index (κ3) is 3.03.